The number of nitrogens with zero attached hydrogens (tertiary/aromatic N) is 1. The minimum atomic E-state index is -0.808. The van der Waals surface area contributed by atoms with Gasteiger partial charge in [0, 0.05) is 6.54 Å². The van der Waals surface area contributed by atoms with E-state index in [1.165, 1.54) is 6.21 Å². The molecule has 1 aromatic carbocycles. The summed E-state index contributed by atoms with van der Waals surface area (Å²) in [5.41, 5.74) is 2.79. The molecule has 20 heavy (non-hydrogen) atoms. The molecule has 0 aromatic heterocycles. The average molecular weight is 316 g/mol. The molecule has 0 aliphatic heterocycles. The number of hydrogen-bond acceptors (Lipinski definition) is 3. The van der Waals surface area contributed by atoms with E-state index in [-0.39, 0.29) is 0 Å². The van der Waals surface area contributed by atoms with Crippen LogP contribution in [0.5, 0.6) is 0 Å². The maximum absolute atomic E-state index is 11.4. The van der Waals surface area contributed by atoms with Crippen molar-refractivity contribution < 1.29 is 9.59 Å². The minimum absolute atomic E-state index is 0.388. The third kappa shape index (κ3) is 5.59. The molecule has 5 nitrogen and oxygen atoms in total. The van der Waals surface area contributed by atoms with E-state index in [0.29, 0.717) is 22.2 Å². The lowest BCUT2D eigenvalue weighted by molar-refractivity contribution is -0.139. The fourth-order valence-electron chi connectivity index (χ4n) is 1.27. The van der Waals surface area contributed by atoms with E-state index in [1.807, 2.05) is 6.92 Å². The number of carbonyl (C=O) groups excluding carboxylic acids is 2. The van der Waals surface area contributed by atoms with Gasteiger partial charge in [-0.1, -0.05) is 42.6 Å². The van der Waals surface area contributed by atoms with Gasteiger partial charge in [0.05, 0.1) is 16.3 Å². The molecule has 0 saturated carbocycles. The summed E-state index contributed by atoms with van der Waals surface area (Å²) < 4.78 is 0. The van der Waals surface area contributed by atoms with Gasteiger partial charge < -0.3 is 5.32 Å². The molecule has 0 aliphatic rings. The van der Waals surface area contributed by atoms with Crippen molar-refractivity contribution in [2.24, 2.45) is 5.10 Å². The summed E-state index contributed by atoms with van der Waals surface area (Å²) in [6.07, 6.45) is 3.14. The Morgan fingerprint density at radius 3 is 2.65 bits per heavy atom. The van der Waals surface area contributed by atoms with Crippen LogP contribution in [0.15, 0.2) is 23.3 Å². The molecule has 0 saturated heterocycles. The predicted molar refractivity (Wildman–Crippen MR) is 80.1 cm³/mol. The highest BCUT2D eigenvalue weighted by atomic mass is 35.5. The van der Waals surface area contributed by atoms with Crippen LogP contribution in [0, 0.1) is 0 Å². The first-order valence-corrected chi connectivity index (χ1v) is 6.86. The smallest absolute Gasteiger partial charge is 0.329 e. The van der Waals surface area contributed by atoms with Gasteiger partial charge in [0.2, 0.25) is 0 Å². The molecule has 1 rings (SSSR count). The van der Waals surface area contributed by atoms with E-state index in [0.717, 1.165) is 12.8 Å². The van der Waals surface area contributed by atoms with Gasteiger partial charge in [-0.3, -0.25) is 9.59 Å². The van der Waals surface area contributed by atoms with Crippen LogP contribution in [0.3, 0.4) is 0 Å². The number of amides is 2. The van der Waals surface area contributed by atoms with Crippen LogP contribution in [0.25, 0.3) is 0 Å². The summed E-state index contributed by atoms with van der Waals surface area (Å²) in [7, 11) is 0. The number of carbonyl (C=O) groups is 2. The summed E-state index contributed by atoms with van der Waals surface area (Å²) in [5, 5.41) is 6.98. The standard InChI is InChI=1S/C13H15Cl2N3O2/c1-2-3-6-16-12(19)13(20)18-17-8-9-4-5-10(14)11(15)7-9/h4-5,7-8H,2-3,6H2,1H3,(H,16,19)(H,18,20)/b17-8+. The minimum Gasteiger partial charge on any atom is -0.348 e. The fraction of sp³-hybridized carbons (Fsp3) is 0.308. The zero-order valence-electron chi connectivity index (χ0n) is 11.0. The summed E-state index contributed by atoms with van der Waals surface area (Å²) >= 11 is 11.6. The van der Waals surface area contributed by atoms with Gasteiger partial charge in [0.1, 0.15) is 0 Å². The molecular formula is C13H15Cl2N3O2. The lowest BCUT2D eigenvalue weighted by Crippen LogP contribution is -2.38. The molecule has 0 bridgehead atoms. The molecule has 1 aromatic rings. The summed E-state index contributed by atoms with van der Waals surface area (Å²) in [6.45, 7) is 2.47. The monoisotopic (exact) mass is 315 g/mol. The van der Waals surface area contributed by atoms with Crippen molar-refractivity contribution in [3.63, 3.8) is 0 Å². The molecule has 0 unspecified atom stereocenters. The van der Waals surface area contributed by atoms with E-state index < -0.39 is 11.8 Å². The van der Waals surface area contributed by atoms with Crippen LogP contribution in [0.4, 0.5) is 0 Å². The van der Waals surface area contributed by atoms with E-state index >= 15 is 0 Å². The number of halogens is 2. The second-order valence-electron chi connectivity index (χ2n) is 3.98. The Labute approximate surface area is 127 Å². The summed E-state index contributed by atoms with van der Waals surface area (Å²) in [6, 6.07) is 4.90. The molecule has 0 atom stereocenters. The van der Waals surface area contributed by atoms with Crippen LogP contribution in [-0.4, -0.2) is 24.6 Å². The fourth-order valence-corrected chi connectivity index (χ4v) is 1.57. The molecule has 7 heteroatoms. The Bertz CT molecular complexity index is 518. The number of nitrogens with one attached hydrogen (secondary N) is 2. The van der Waals surface area contributed by atoms with Crippen molar-refractivity contribution in [2.75, 3.05) is 6.54 Å². The third-order valence-corrected chi connectivity index (χ3v) is 3.08. The topological polar surface area (TPSA) is 70.6 Å². The van der Waals surface area contributed by atoms with Crippen LogP contribution in [-0.2, 0) is 9.59 Å². The third-order valence-electron chi connectivity index (χ3n) is 2.35. The molecule has 2 N–H and O–H groups in total. The van der Waals surface area contributed by atoms with Crippen molar-refractivity contribution in [1.82, 2.24) is 10.7 Å². The largest absolute Gasteiger partial charge is 0.348 e. The number of benzene rings is 1. The van der Waals surface area contributed by atoms with Gasteiger partial charge in [0.25, 0.3) is 0 Å². The van der Waals surface area contributed by atoms with Gasteiger partial charge in [-0.05, 0) is 24.1 Å². The lowest BCUT2D eigenvalue weighted by atomic mass is 10.2. The first-order chi connectivity index (χ1) is 9.54. The van der Waals surface area contributed by atoms with Crippen LogP contribution >= 0.6 is 23.2 Å². The van der Waals surface area contributed by atoms with E-state index in [2.05, 4.69) is 15.8 Å². The average Bonchev–Trinajstić information content (AvgIpc) is 2.42. The van der Waals surface area contributed by atoms with Gasteiger partial charge in [-0.15, -0.1) is 0 Å². The van der Waals surface area contributed by atoms with Crippen LogP contribution in [0.2, 0.25) is 10.0 Å². The second kappa shape index (κ2) is 8.55. The molecule has 0 radical (unpaired) electrons. The Kier molecular flexibility index (Phi) is 7.04. The van der Waals surface area contributed by atoms with Crippen LogP contribution < -0.4 is 10.7 Å². The highest BCUT2D eigenvalue weighted by molar-refractivity contribution is 6.42. The Morgan fingerprint density at radius 1 is 1.25 bits per heavy atom. The van der Waals surface area contributed by atoms with Crippen LogP contribution in [0.1, 0.15) is 25.3 Å². The van der Waals surface area contributed by atoms with E-state index in [1.54, 1.807) is 18.2 Å². The van der Waals surface area contributed by atoms with Gasteiger partial charge in [0.15, 0.2) is 0 Å². The molecular weight excluding hydrogens is 301 g/mol. The van der Waals surface area contributed by atoms with Crippen molar-refractivity contribution in [3.8, 4) is 0 Å². The van der Waals surface area contributed by atoms with Gasteiger partial charge in [-0.25, -0.2) is 5.43 Å². The second-order valence-corrected chi connectivity index (χ2v) is 4.80. The van der Waals surface area contributed by atoms with Gasteiger partial charge in [-0.2, -0.15) is 5.10 Å². The van der Waals surface area contributed by atoms with Crippen molar-refractivity contribution in [2.45, 2.75) is 19.8 Å². The Morgan fingerprint density at radius 2 is 2.00 bits per heavy atom. The first-order valence-electron chi connectivity index (χ1n) is 6.11. The van der Waals surface area contributed by atoms with Crippen molar-refractivity contribution in [3.05, 3.63) is 33.8 Å². The quantitative estimate of drug-likeness (QED) is 0.379. The first kappa shape index (κ1) is 16.5. The van der Waals surface area contributed by atoms with E-state index in [9.17, 15) is 9.59 Å². The maximum atomic E-state index is 11.4. The molecule has 2 amide bonds. The normalized spacial score (nSPS) is 10.6. The van der Waals surface area contributed by atoms with E-state index in [4.69, 9.17) is 23.2 Å². The summed E-state index contributed by atoms with van der Waals surface area (Å²) in [4.78, 5) is 22.7. The zero-order chi connectivity index (χ0) is 15.0. The number of rotatable bonds is 5. The number of unbranched alkanes of at least 4 members (excludes halogenated alkanes) is 1. The highest BCUT2D eigenvalue weighted by Crippen LogP contribution is 2.21. The summed E-state index contributed by atoms with van der Waals surface area (Å²) in [5.74, 6) is -1.51. The number of hydrazone groups is 1. The molecule has 0 fully saturated rings. The highest BCUT2D eigenvalue weighted by Gasteiger charge is 2.10. The van der Waals surface area contributed by atoms with Crippen molar-refractivity contribution in [1.29, 1.82) is 0 Å². The predicted octanol–water partition coefficient (Wildman–Crippen LogP) is 2.36. The van der Waals surface area contributed by atoms with Crippen molar-refractivity contribution >= 4 is 41.2 Å². The zero-order valence-corrected chi connectivity index (χ0v) is 12.5. The molecule has 0 spiro atoms. The lowest BCUT2D eigenvalue weighted by Gasteiger charge is -2.02. The maximum Gasteiger partial charge on any atom is 0.329 e. The molecule has 0 aliphatic carbocycles. The molecule has 108 valence electrons. The Hall–Kier alpha value is -1.59. The SMILES string of the molecule is CCCCNC(=O)C(=O)N/N=C/c1ccc(Cl)c(Cl)c1. The van der Waals surface area contributed by atoms with Gasteiger partial charge >= 0.3 is 11.8 Å². The Balaban J connectivity index is 2.45. The molecule has 0 heterocycles. The number of hydrogen-bond donors (Lipinski definition) is 2.